The van der Waals surface area contributed by atoms with Crippen LogP contribution in [0.25, 0.3) is 0 Å². The van der Waals surface area contributed by atoms with Crippen molar-refractivity contribution in [2.75, 3.05) is 13.1 Å². The van der Waals surface area contributed by atoms with Crippen molar-refractivity contribution in [3.8, 4) is 0 Å². The van der Waals surface area contributed by atoms with Gasteiger partial charge in [-0.2, -0.15) is 0 Å². The molecule has 1 aliphatic heterocycles. The van der Waals surface area contributed by atoms with Gasteiger partial charge in [0.2, 0.25) is 0 Å². The smallest absolute Gasteiger partial charge is 0.123 e. The van der Waals surface area contributed by atoms with E-state index < -0.39 is 0 Å². The standard InChI is InChI=1S/C14H20ClFN2/c15-14-5-4-12(16)9-11(14)10-18-8-2-1-3-13(18)6-7-17/h4-5,9,13H,1-3,6-8,10,17H2. The van der Waals surface area contributed by atoms with Crippen LogP contribution in [0.2, 0.25) is 5.02 Å². The molecular weight excluding hydrogens is 251 g/mol. The fourth-order valence-corrected chi connectivity index (χ4v) is 2.85. The summed E-state index contributed by atoms with van der Waals surface area (Å²) in [4.78, 5) is 2.39. The lowest BCUT2D eigenvalue weighted by Gasteiger charge is -2.35. The third-order valence-electron chi connectivity index (χ3n) is 3.63. The van der Waals surface area contributed by atoms with E-state index >= 15 is 0 Å². The van der Waals surface area contributed by atoms with Gasteiger partial charge in [0.25, 0.3) is 0 Å². The molecule has 1 aromatic rings. The van der Waals surface area contributed by atoms with Crippen LogP contribution in [0.1, 0.15) is 31.2 Å². The zero-order valence-electron chi connectivity index (χ0n) is 10.5. The third-order valence-corrected chi connectivity index (χ3v) is 4.00. The van der Waals surface area contributed by atoms with E-state index in [0.717, 1.165) is 25.1 Å². The molecule has 0 bridgehead atoms. The number of nitrogens with zero attached hydrogens (tertiary/aromatic N) is 1. The molecule has 1 atom stereocenters. The Kier molecular flexibility index (Phi) is 4.98. The quantitative estimate of drug-likeness (QED) is 0.911. The Morgan fingerprint density at radius 2 is 2.22 bits per heavy atom. The van der Waals surface area contributed by atoms with Gasteiger partial charge in [-0.15, -0.1) is 0 Å². The zero-order chi connectivity index (χ0) is 13.0. The zero-order valence-corrected chi connectivity index (χ0v) is 11.3. The average molecular weight is 271 g/mol. The Morgan fingerprint density at radius 3 is 3.00 bits per heavy atom. The van der Waals surface area contributed by atoms with Crippen LogP contribution in [-0.2, 0) is 6.54 Å². The highest BCUT2D eigenvalue weighted by Gasteiger charge is 2.22. The number of benzene rings is 1. The van der Waals surface area contributed by atoms with Crippen LogP contribution >= 0.6 is 11.6 Å². The van der Waals surface area contributed by atoms with Crippen molar-refractivity contribution < 1.29 is 4.39 Å². The number of piperidine rings is 1. The molecule has 1 fully saturated rings. The largest absolute Gasteiger partial charge is 0.330 e. The van der Waals surface area contributed by atoms with Gasteiger partial charge >= 0.3 is 0 Å². The maximum Gasteiger partial charge on any atom is 0.123 e. The molecule has 100 valence electrons. The topological polar surface area (TPSA) is 29.3 Å². The van der Waals surface area contributed by atoms with Gasteiger partial charge in [0, 0.05) is 17.6 Å². The molecule has 4 heteroatoms. The first-order valence-electron chi connectivity index (χ1n) is 6.58. The Bertz CT molecular complexity index is 395. The van der Waals surface area contributed by atoms with Gasteiger partial charge in [0.15, 0.2) is 0 Å². The normalized spacial score (nSPS) is 21.2. The van der Waals surface area contributed by atoms with Crippen LogP contribution < -0.4 is 5.73 Å². The summed E-state index contributed by atoms with van der Waals surface area (Å²) in [7, 11) is 0. The van der Waals surface area contributed by atoms with Crippen LogP contribution in [0.5, 0.6) is 0 Å². The molecule has 1 saturated heterocycles. The van der Waals surface area contributed by atoms with E-state index in [2.05, 4.69) is 4.90 Å². The Morgan fingerprint density at radius 1 is 1.39 bits per heavy atom. The van der Waals surface area contributed by atoms with Crippen molar-refractivity contribution in [1.82, 2.24) is 4.90 Å². The minimum absolute atomic E-state index is 0.221. The van der Waals surface area contributed by atoms with Gasteiger partial charge in [0.05, 0.1) is 0 Å². The lowest BCUT2D eigenvalue weighted by molar-refractivity contribution is 0.134. The Balaban J connectivity index is 2.08. The molecule has 2 N–H and O–H groups in total. The van der Waals surface area contributed by atoms with E-state index in [1.807, 2.05) is 0 Å². The highest BCUT2D eigenvalue weighted by atomic mass is 35.5. The van der Waals surface area contributed by atoms with Crippen LogP contribution in [0.4, 0.5) is 4.39 Å². The van der Waals surface area contributed by atoms with Gasteiger partial charge in [-0.3, -0.25) is 4.90 Å². The van der Waals surface area contributed by atoms with Crippen molar-refractivity contribution in [2.45, 2.75) is 38.3 Å². The number of likely N-dealkylation sites (tertiary alicyclic amines) is 1. The maximum absolute atomic E-state index is 13.2. The van der Waals surface area contributed by atoms with Crippen molar-refractivity contribution in [3.05, 3.63) is 34.6 Å². The van der Waals surface area contributed by atoms with Gasteiger partial charge in [-0.25, -0.2) is 4.39 Å². The predicted octanol–water partition coefficient (Wildman–Crippen LogP) is 3.18. The van der Waals surface area contributed by atoms with Gasteiger partial charge in [-0.1, -0.05) is 18.0 Å². The molecule has 1 aromatic carbocycles. The van der Waals surface area contributed by atoms with Crippen molar-refractivity contribution in [2.24, 2.45) is 5.73 Å². The lowest BCUT2D eigenvalue weighted by atomic mass is 9.98. The first-order chi connectivity index (χ1) is 8.70. The molecule has 0 amide bonds. The molecule has 0 spiro atoms. The van der Waals surface area contributed by atoms with Crippen LogP contribution in [0, 0.1) is 5.82 Å². The van der Waals surface area contributed by atoms with Crippen LogP contribution in [0.15, 0.2) is 18.2 Å². The summed E-state index contributed by atoms with van der Waals surface area (Å²) in [5, 5.41) is 0.647. The second-order valence-electron chi connectivity index (χ2n) is 4.93. The van der Waals surface area contributed by atoms with E-state index in [-0.39, 0.29) is 5.82 Å². The monoisotopic (exact) mass is 270 g/mol. The average Bonchev–Trinajstić information content (AvgIpc) is 2.36. The summed E-state index contributed by atoms with van der Waals surface area (Å²) < 4.78 is 13.2. The second kappa shape index (κ2) is 6.50. The Labute approximate surface area is 113 Å². The number of nitrogens with two attached hydrogens (primary N) is 1. The van der Waals surface area contributed by atoms with E-state index in [0.29, 0.717) is 17.6 Å². The summed E-state index contributed by atoms with van der Waals surface area (Å²) >= 11 is 6.12. The maximum atomic E-state index is 13.2. The molecular formula is C14H20ClFN2. The molecule has 0 aliphatic carbocycles. The fraction of sp³-hybridized carbons (Fsp3) is 0.571. The summed E-state index contributed by atoms with van der Waals surface area (Å²) in [6.45, 7) is 2.48. The molecule has 0 saturated carbocycles. The fourth-order valence-electron chi connectivity index (χ4n) is 2.67. The van der Waals surface area contributed by atoms with Crippen LogP contribution in [-0.4, -0.2) is 24.0 Å². The minimum Gasteiger partial charge on any atom is -0.330 e. The predicted molar refractivity (Wildman–Crippen MR) is 73.1 cm³/mol. The van der Waals surface area contributed by atoms with E-state index in [9.17, 15) is 4.39 Å². The van der Waals surface area contributed by atoms with Gasteiger partial charge < -0.3 is 5.73 Å². The van der Waals surface area contributed by atoms with Crippen LogP contribution in [0.3, 0.4) is 0 Å². The molecule has 1 unspecified atom stereocenters. The van der Waals surface area contributed by atoms with E-state index in [1.54, 1.807) is 6.07 Å². The van der Waals surface area contributed by atoms with Crippen molar-refractivity contribution in [1.29, 1.82) is 0 Å². The highest BCUT2D eigenvalue weighted by Crippen LogP contribution is 2.25. The molecule has 2 nitrogen and oxygen atoms in total. The number of rotatable bonds is 4. The van der Waals surface area contributed by atoms with Crippen molar-refractivity contribution >= 4 is 11.6 Å². The first-order valence-corrected chi connectivity index (χ1v) is 6.96. The first kappa shape index (κ1) is 13.8. The molecule has 0 aromatic heterocycles. The molecule has 2 rings (SSSR count). The SMILES string of the molecule is NCCC1CCCCN1Cc1cc(F)ccc1Cl. The summed E-state index contributed by atoms with van der Waals surface area (Å²) in [6.07, 6.45) is 4.66. The molecule has 18 heavy (non-hydrogen) atoms. The highest BCUT2D eigenvalue weighted by molar-refractivity contribution is 6.31. The van der Waals surface area contributed by atoms with Gasteiger partial charge in [0.1, 0.15) is 5.82 Å². The molecule has 0 radical (unpaired) electrons. The summed E-state index contributed by atoms with van der Waals surface area (Å²) in [5.74, 6) is -0.221. The van der Waals surface area contributed by atoms with E-state index in [1.165, 1.54) is 31.4 Å². The molecule has 1 heterocycles. The Hall–Kier alpha value is -0.640. The number of hydrogen-bond donors (Lipinski definition) is 1. The van der Waals surface area contributed by atoms with Crippen molar-refractivity contribution in [3.63, 3.8) is 0 Å². The van der Waals surface area contributed by atoms with Gasteiger partial charge in [-0.05, 0) is 56.1 Å². The lowest BCUT2D eigenvalue weighted by Crippen LogP contribution is -2.40. The number of hydrogen-bond acceptors (Lipinski definition) is 2. The summed E-state index contributed by atoms with van der Waals surface area (Å²) in [5.41, 5.74) is 6.53. The summed E-state index contributed by atoms with van der Waals surface area (Å²) in [6, 6.07) is 5.09. The second-order valence-corrected chi connectivity index (χ2v) is 5.34. The third kappa shape index (κ3) is 3.44. The number of halogens is 2. The minimum atomic E-state index is -0.221. The van der Waals surface area contributed by atoms with E-state index in [4.69, 9.17) is 17.3 Å². The molecule has 1 aliphatic rings.